The molecule has 1 heterocycles. The molecule has 1 saturated heterocycles. The molecular formula is C19H28O2. The van der Waals surface area contributed by atoms with Crippen molar-refractivity contribution in [3.63, 3.8) is 0 Å². The van der Waals surface area contributed by atoms with Crippen LogP contribution in [0, 0.1) is 23.7 Å². The lowest BCUT2D eigenvalue weighted by atomic mass is 10.2. The van der Waals surface area contributed by atoms with Crippen LogP contribution in [0.3, 0.4) is 0 Å². The van der Waals surface area contributed by atoms with E-state index < -0.39 is 0 Å². The van der Waals surface area contributed by atoms with Crippen molar-refractivity contribution in [1.82, 2.24) is 0 Å². The molecule has 0 aliphatic carbocycles. The highest BCUT2D eigenvalue weighted by Crippen LogP contribution is 2.12. The lowest BCUT2D eigenvalue weighted by molar-refractivity contribution is -0.154. The lowest BCUT2D eigenvalue weighted by Gasteiger charge is -2.21. The Kier molecular flexibility index (Phi) is 11.7. The summed E-state index contributed by atoms with van der Waals surface area (Å²) in [6, 6.07) is 0. The Morgan fingerprint density at radius 3 is 2.57 bits per heavy atom. The third kappa shape index (κ3) is 11.1. The zero-order valence-corrected chi connectivity index (χ0v) is 13.3. The Morgan fingerprint density at radius 2 is 1.86 bits per heavy atom. The zero-order chi connectivity index (χ0) is 15.0. The maximum absolute atomic E-state index is 5.53. The van der Waals surface area contributed by atoms with Crippen molar-refractivity contribution in [1.29, 1.82) is 0 Å². The molecule has 0 bridgehead atoms. The summed E-state index contributed by atoms with van der Waals surface area (Å²) >= 11 is 0. The van der Waals surface area contributed by atoms with Crippen molar-refractivity contribution in [2.24, 2.45) is 0 Å². The van der Waals surface area contributed by atoms with E-state index in [0.29, 0.717) is 6.61 Å². The molecule has 21 heavy (non-hydrogen) atoms. The van der Waals surface area contributed by atoms with Crippen LogP contribution in [0.4, 0.5) is 0 Å². The first-order valence-electron chi connectivity index (χ1n) is 8.23. The van der Waals surface area contributed by atoms with Gasteiger partial charge in [0.15, 0.2) is 6.29 Å². The molecule has 1 unspecified atom stereocenters. The lowest BCUT2D eigenvalue weighted by Crippen LogP contribution is -2.22. The molecule has 0 N–H and O–H groups in total. The van der Waals surface area contributed by atoms with Gasteiger partial charge in [0.25, 0.3) is 0 Å². The number of hydrogen-bond acceptors (Lipinski definition) is 2. The summed E-state index contributed by atoms with van der Waals surface area (Å²) < 4.78 is 11.0. The van der Waals surface area contributed by atoms with Crippen LogP contribution >= 0.6 is 0 Å². The average Bonchev–Trinajstić information content (AvgIpc) is 2.53. The molecule has 1 atom stereocenters. The maximum atomic E-state index is 5.53. The summed E-state index contributed by atoms with van der Waals surface area (Å²) in [5, 5.41) is 0. The smallest absolute Gasteiger partial charge is 0.158 e. The number of allylic oxidation sites excluding steroid dienone is 2. The average molecular weight is 288 g/mol. The Labute approximate surface area is 130 Å². The van der Waals surface area contributed by atoms with Gasteiger partial charge in [-0.1, -0.05) is 49.7 Å². The second-order valence-corrected chi connectivity index (χ2v) is 5.15. The molecule has 2 nitrogen and oxygen atoms in total. The van der Waals surface area contributed by atoms with Gasteiger partial charge in [0.2, 0.25) is 0 Å². The van der Waals surface area contributed by atoms with Crippen molar-refractivity contribution in [3.8, 4) is 23.7 Å². The molecule has 0 saturated carbocycles. The highest BCUT2D eigenvalue weighted by Gasteiger charge is 2.12. The molecular weight excluding hydrogens is 260 g/mol. The van der Waals surface area contributed by atoms with Gasteiger partial charge < -0.3 is 9.47 Å². The van der Waals surface area contributed by atoms with E-state index in [-0.39, 0.29) is 6.29 Å². The Morgan fingerprint density at radius 1 is 1.05 bits per heavy atom. The molecule has 1 fully saturated rings. The SMILES string of the molecule is CCCCCC#CC/C=C\CC#CCOC1CCCCO1. The summed E-state index contributed by atoms with van der Waals surface area (Å²) in [5.41, 5.74) is 0. The van der Waals surface area contributed by atoms with Crippen molar-refractivity contribution in [3.05, 3.63) is 12.2 Å². The minimum Gasteiger partial charge on any atom is -0.353 e. The monoisotopic (exact) mass is 288 g/mol. The summed E-state index contributed by atoms with van der Waals surface area (Å²) in [7, 11) is 0. The second kappa shape index (κ2) is 13.7. The van der Waals surface area contributed by atoms with Gasteiger partial charge in [0.05, 0.1) is 0 Å². The predicted molar refractivity (Wildman–Crippen MR) is 87.6 cm³/mol. The summed E-state index contributed by atoms with van der Waals surface area (Å²) in [4.78, 5) is 0. The van der Waals surface area contributed by atoms with E-state index in [2.05, 4.69) is 42.8 Å². The van der Waals surface area contributed by atoms with Crippen molar-refractivity contribution in [2.45, 2.75) is 71.0 Å². The minimum absolute atomic E-state index is 0.0356. The quantitative estimate of drug-likeness (QED) is 0.391. The normalized spacial score (nSPS) is 17.9. The van der Waals surface area contributed by atoms with Crippen molar-refractivity contribution in [2.75, 3.05) is 13.2 Å². The van der Waals surface area contributed by atoms with Crippen molar-refractivity contribution >= 4 is 0 Å². The zero-order valence-electron chi connectivity index (χ0n) is 13.3. The molecule has 0 radical (unpaired) electrons. The third-order valence-electron chi connectivity index (χ3n) is 3.24. The van der Waals surface area contributed by atoms with Gasteiger partial charge in [0.1, 0.15) is 6.61 Å². The fraction of sp³-hybridized carbons (Fsp3) is 0.684. The van der Waals surface area contributed by atoms with Gasteiger partial charge >= 0.3 is 0 Å². The Balaban J connectivity index is 1.95. The minimum atomic E-state index is -0.0356. The van der Waals surface area contributed by atoms with E-state index >= 15 is 0 Å². The summed E-state index contributed by atoms with van der Waals surface area (Å²) in [6.45, 7) is 3.50. The molecule has 116 valence electrons. The van der Waals surface area contributed by atoms with Crippen LogP contribution in [-0.2, 0) is 9.47 Å². The number of rotatable bonds is 7. The number of hydrogen-bond donors (Lipinski definition) is 0. The highest BCUT2D eigenvalue weighted by atomic mass is 16.7. The van der Waals surface area contributed by atoms with Crippen LogP contribution in [0.1, 0.15) is 64.7 Å². The number of ether oxygens (including phenoxy) is 2. The van der Waals surface area contributed by atoms with Crippen LogP contribution in [-0.4, -0.2) is 19.5 Å². The van der Waals surface area contributed by atoms with Gasteiger partial charge in [0, 0.05) is 25.9 Å². The topological polar surface area (TPSA) is 18.5 Å². The third-order valence-corrected chi connectivity index (χ3v) is 3.24. The highest BCUT2D eigenvalue weighted by molar-refractivity contribution is 5.08. The van der Waals surface area contributed by atoms with Crippen LogP contribution < -0.4 is 0 Å². The number of unbranched alkanes of at least 4 members (excludes halogenated alkanes) is 3. The van der Waals surface area contributed by atoms with Crippen molar-refractivity contribution < 1.29 is 9.47 Å². The molecule has 1 aliphatic rings. The molecule has 0 spiro atoms. The van der Waals surface area contributed by atoms with E-state index in [0.717, 1.165) is 38.7 Å². The molecule has 2 heteroatoms. The molecule has 1 aliphatic heterocycles. The molecule has 0 aromatic carbocycles. The van der Waals surface area contributed by atoms with E-state index in [1.165, 1.54) is 25.7 Å². The predicted octanol–water partition coefficient (Wildman–Crippen LogP) is 4.45. The standard InChI is InChI=1S/C19H28O2/c1-2-3-4-5-6-7-8-9-10-11-12-14-17-20-19-16-13-15-18-21-19/h9-10,19H,2-5,8,11,13,15-18H2,1H3/b10-9-. The van der Waals surface area contributed by atoms with Crippen LogP contribution in [0.15, 0.2) is 12.2 Å². The Hall–Kier alpha value is -1.22. The van der Waals surface area contributed by atoms with E-state index in [9.17, 15) is 0 Å². The first-order chi connectivity index (χ1) is 10.4. The van der Waals surface area contributed by atoms with Crippen LogP contribution in [0.25, 0.3) is 0 Å². The van der Waals surface area contributed by atoms with E-state index in [1.807, 2.05) is 0 Å². The summed E-state index contributed by atoms with van der Waals surface area (Å²) in [5.74, 6) is 12.5. The fourth-order valence-corrected chi connectivity index (χ4v) is 2.01. The van der Waals surface area contributed by atoms with Gasteiger partial charge in [-0.3, -0.25) is 0 Å². The van der Waals surface area contributed by atoms with E-state index in [4.69, 9.17) is 9.47 Å². The van der Waals surface area contributed by atoms with Crippen LogP contribution in [0.2, 0.25) is 0 Å². The van der Waals surface area contributed by atoms with Crippen LogP contribution in [0.5, 0.6) is 0 Å². The summed E-state index contributed by atoms with van der Waals surface area (Å²) in [6.07, 6.45) is 13.9. The first-order valence-corrected chi connectivity index (χ1v) is 8.23. The van der Waals surface area contributed by atoms with Gasteiger partial charge in [-0.15, -0.1) is 5.92 Å². The Bertz CT molecular complexity index is 383. The molecule has 0 aromatic rings. The van der Waals surface area contributed by atoms with Gasteiger partial charge in [-0.25, -0.2) is 0 Å². The molecule has 1 rings (SSSR count). The first kappa shape index (κ1) is 17.8. The van der Waals surface area contributed by atoms with Gasteiger partial charge in [-0.2, -0.15) is 0 Å². The fourth-order valence-electron chi connectivity index (χ4n) is 2.01. The second-order valence-electron chi connectivity index (χ2n) is 5.15. The van der Waals surface area contributed by atoms with Gasteiger partial charge in [-0.05, 0) is 25.7 Å². The largest absolute Gasteiger partial charge is 0.353 e. The van der Waals surface area contributed by atoms with E-state index in [1.54, 1.807) is 0 Å². The maximum Gasteiger partial charge on any atom is 0.158 e. The molecule has 0 aromatic heterocycles. The molecule has 0 amide bonds.